The van der Waals surface area contributed by atoms with Crippen molar-refractivity contribution in [3.63, 3.8) is 0 Å². The van der Waals surface area contributed by atoms with E-state index in [1.807, 2.05) is 0 Å². The molecule has 0 radical (unpaired) electrons. The van der Waals surface area contributed by atoms with Gasteiger partial charge in [-0.05, 0) is 37.5 Å². The van der Waals surface area contributed by atoms with Crippen molar-refractivity contribution in [3.05, 3.63) is 29.1 Å². The van der Waals surface area contributed by atoms with Gasteiger partial charge in [-0.3, -0.25) is 0 Å². The molecule has 12 heavy (non-hydrogen) atoms. The van der Waals surface area contributed by atoms with Gasteiger partial charge in [-0.1, -0.05) is 19.9 Å². The molecular formula is C11H17N. The second kappa shape index (κ2) is 3.61. The lowest BCUT2D eigenvalue weighted by Gasteiger charge is -1.94. The maximum absolute atomic E-state index is 3.31. The Bertz CT molecular complexity index is 279. The molecule has 1 N–H and O–H groups in total. The van der Waals surface area contributed by atoms with Crippen molar-refractivity contribution >= 4 is 6.08 Å². The van der Waals surface area contributed by atoms with Crippen LogP contribution in [-0.2, 0) is 0 Å². The van der Waals surface area contributed by atoms with Crippen LogP contribution in [0.15, 0.2) is 12.1 Å². The van der Waals surface area contributed by atoms with Crippen molar-refractivity contribution in [3.8, 4) is 0 Å². The Morgan fingerprint density at radius 1 is 1.33 bits per heavy atom. The number of rotatable bonds is 2. The van der Waals surface area contributed by atoms with Gasteiger partial charge in [-0.2, -0.15) is 0 Å². The Labute approximate surface area is 74.5 Å². The molecule has 1 rings (SSSR count). The molecule has 1 aromatic heterocycles. The van der Waals surface area contributed by atoms with Gasteiger partial charge in [-0.25, -0.2) is 0 Å². The second-order valence-corrected chi connectivity index (χ2v) is 3.65. The highest BCUT2D eigenvalue weighted by Crippen LogP contribution is 2.11. The first-order chi connectivity index (χ1) is 5.59. The zero-order valence-electron chi connectivity index (χ0n) is 8.31. The third kappa shape index (κ3) is 2.26. The van der Waals surface area contributed by atoms with E-state index < -0.39 is 0 Å². The maximum atomic E-state index is 3.31. The molecule has 1 heterocycles. The van der Waals surface area contributed by atoms with Crippen molar-refractivity contribution < 1.29 is 0 Å². The number of H-pyrrole nitrogens is 1. The van der Waals surface area contributed by atoms with Crippen LogP contribution in [0, 0.1) is 19.8 Å². The molecule has 0 atom stereocenters. The number of aromatic nitrogens is 1. The largest absolute Gasteiger partial charge is 0.359 e. The average molecular weight is 163 g/mol. The van der Waals surface area contributed by atoms with Crippen molar-refractivity contribution in [1.82, 2.24) is 4.98 Å². The Hall–Kier alpha value is -0.980. The highest BCUT2D eigenvalue weighted by atomic mass is 14.7. The second-order valence-electron chi connectivity index (χ2n) is 3.65. The quantitative estimate of drug-likeness (QED) is 0.688. The molecule has 0 aliphatic rings. The molecule has 1 nitrogen and oxygen atoms in total. The van der Waals surface area contributed by atoms with Crippen LogP contribution in [0.2, 0.25) is 0 Å². The third-order valence-electron chi connectivity index (χ3n) is 1.84. The standard InChI is InChI=1S/C11H17N/c1-8(2)5-6-11-9(3)7-10(4)12-11/h5-8,12H,1-4H3/b6-5+. The molecular weight excluding hydrogens is 146 g/mol. The van der Waals surface area contributed by atoms with Gasteiger partial charge < -0.3 is 4.98 Å². The summed E-state index contributed by atoms with van der Waals surface area (Å²) in [4.78, 5) is 3.31. The Morgan fingerprint density at radius 2 is 2.00 bits per heavy atom. The summed E-state index contributed by atoms with van der Waals surface area (Å²) >= 11 is 0. The smallest absolute Gasteiger partial charge is 0.0408 e. The van der Waals surface area contributed by atoms with E-state index in [4.69, 9.17) is 0 Å². The number of allylic oxidation sites excluding steroid dienone is 1. The van der Waals surface area contributed by atoms with Crippen LogP contribution in [0.3, 0.4) is 0 Å². The van der Waals surface area contributed by atoms with Crippen LogP contribution in [0.25, 0.3) is 6.08 Å². The molecule has 0 aliphatic carbocycles. The minimum absolute atomic E-state index is 0.619. The minimum atomic E-state index is 0.619. The lowest BCUT2D eigenvalue weighted by Crippen LogP contribution is -1.80. The first kappa shape index (κ1) is 9.11. The van der Waals surface area contributed by atoms with Gasteiger partial charge in [-0.15, -0.1) is 0 Å². The number of nitrogens with one attached hydrogen (secondary N) is 1. The molecule has 0 amide bonds. The summed E-state index contributed by atoms with van der Waals surface area (Å²) in [5.74, 6) is 0.619. The molecule has 66 valence electrons. The highest BCUT2D eigenvalue weighted by Gasteiger charge is 1.96. The molecule has 0 fully saturated rings. The maximum Gasteiger partial charge on any atom is 0.0408 e. The molecule has 0 saturated heterocycles. The van der Waals surface area contributed by atoms with Crippen molar-refractivity contribution in [2.75, 3.05) is 0 Å². The van der Waals surface area contributed by atoms with Gasteiger partial charge in [0.05, 0.1) is 0 Å². The van der Waals surface area contributed by atoms with Crippen LogP contribution in [0.1, 0.15) is 30.8 Å². The molecule has 0 unspecified atom stereocenters. The zero-order valence-corrected chi connectivity index (χ0v) is 8.31. The topological polar surface area (TPSA) is 15.8 Å². The van der Waals surface area contributed by atoms with Crippen molar-refractivity contribution in [2.45, 2.75) is 27.7 Å². The van der Waals surface area contributed by atoms with Crippen LogP contribution < -0.4 is 0 Å². The van der Waals surface area contributed by atoms with E-state index in [1.165, 1.54) is 17.0 Å². The molecule has 1 heteroatoms. The third-order valence-corrected chi connectivity index (χ3v) is 1.84. The number of aryl methyl sites for hydroxylation is 2. The summed E-state index contributed by atoms with van der Waals surface area (Å²) in [6, 6.07) is 2.17. The molecule has 1 aromatic rings. The normalized spacial score (nSPS) is 11.8. The molecule has 0 spiro atoms. The van der Waals surface area contributed by atoms with E-state index in [1.54, 1.807) is 0 Å². The van der Waals surface area contributed by atoms with Crippen molar-refractivity contribution in [1.29, 1.82) is 0 Å². The Kier molecular flexibility index (Phi) is 2.74. The first-order valence-electron chi connectivity index (χ1n) is 4.44. The molecule has 0 aromatic carbocycles. The summed E-state index contributed by atoms with van der Waals surface area (Å²) in [6.45, 7) is 8.58. The monoisotopic (exact) mass is 163 g/mol. The van der Waals surface area contributed by atoms with E-state index in [0.717, 1.165) is 0 Å². The van der Waals surface area contributed by atoms with Crippen molar-refractivity contribution in [2.24, 2.45) is 5.92 Å². The predicted octanol–water partition coefficient (Wildman–Crippen LogP) is 3.30. The summed E-state index contributed by atoms with van der Waals surface area (Å²) < 4.78 is 0. The fraction of sp³-hybridized carbons (Fsp3) is 0.455. The minimum Gasteiger partial charge on any atom is -0.359 e. The van der Waals surface area contributed by atoms with Gasteiger partial charge in [0.2, 0.25) is 0 Å². The SMILES string of the molecule is Cc1cc(C)c(/C=C/C(C)C)[nH]1. The van der Waals surface area contributed by atoms with Gasteiger partial charge in [0.25, 0.3) is 0 Å². The summed E-state index contributed by atoms with van der Waals surface area (Å²) in [6.07, 6.45) is 4.37. The number of aromatic amines is 1. The van der Waals surface area contributed by atoms with Gasteiger partial charge in [0, 0.05) is 11.4 Å². The lowest BCUT2D eigenvalue weighted by atomic mass is 10.1. The fourth-order valence-electron chi connectivity index (χ4n) is 1.21. The number of hydrogen-bond acceptors (Lipinski definition) is 0. The van der Waals surface area contributed by atoms with E-state index >= 15 is 0 Å². The van der Waals surface area contributed by atoms with Crippen LogP contribution in [0.5, 0.6) is 0 Å². The van der Waals surface area contributed by atoms with Crippen LogP contribution in [0.4, 0.5) is 0 Å². The van der Waals surface area contributed by atoms with Gasteiger partial charge in [0.15, 0.2) is 0 Å². The van der Waals surface area contributed by atoms with Crippen LogP contribution >= 0.6 is 0 Å². The average Bonchev–Trinajstić information content (AvgIpc) is 2.26. The molecule has 0 aliphatic heterocycles. The molecule has 0 saturated carbocycles. The molecule has 0 bridgehead atoms. The summed E-state index contributed by atoms with van der Waals surface area (Å²) in [5.41, 5.74) is 3.79. The van der Waals surface area contributed by atoms with E-state index in [0.29, 0.717) is 5.92 Å². The van der Waals surface area contributed by atoms with Gasteiger partial charge in [0.1, 0.15) is 0 Å². The zero-order chi connectivity index (χ0) is 9.14. The van der Waals surface area contributed by atoms with E-state index in [9.17, 15) is 0 Å². The predicted molar refractivity (Wildman–Crippen MR) is 54.1 cm³/mol. The highest BCUT2D eigenvalue weighted by molar-refractivity contribution is 5.50. The first-order valence-corrected chi connectivity index (χ1v) is 4.44. The fourth-order valence-corrected chi connectivity index (χ4v) is 1.21. The van der Waals surface area contributed by atoms with E-state index in [2.05, 4.69) is 50.9 Å². The van der Waals surface area contributed by atoms with Crippen LogP contribution in [-0.4, -0.2) is 4.98 Å². The van der Waals surface area contributed by atoms with Gasteiger partial charge >= 0.3 is 0 Å². The summed E-state index contributed by atoms with van der Waals surface area (Å²) in [7, 11) is 0. The Balaban J connectivity index is 2.81. The lowest BCUT2D eigenvalue weighted by molar-refractivity contribution is 0.836. The summed E-state index contributed by atoms with van der Waals surface area (Å²) in [5, 5.41) is 0. The van der Waals surface area contributed by atoms with E-state index in [-0.39, 0.29) is 0 Å². The Morgan fingerprint density at radius 3 is 2.42 bits per heavy atom. The number of hydrogen-bond donors (Lipinski definition) is 1.